The summed E-state index contributed by atoms with van der Waals surface area (Å²) in [5.74, 6) is 1.56. The van der Waals surface area contributed by atoms with E-state index in [4.69, 9.17) is 4.52 Å². The van der Waals surface area contributed by atoms with Crippen molar-refractivity contribution in [3.63, 3.8) is 0 Å². The Kier molecular flexibility index (Phi) is 7.22. The lowest BCUT2D eigenvalue weighted by Gasteiger charge is -2.21. The van der Waals surface area contributed by atoms with Crippen LogP contribution in [0.25, 0.3) is 0 Å². The first-order valence-corrected chi connectivity index (χ1v) is 6.54. The van der Waals surface area contributed by atoms with Crippen LogP contribution in [-0.4, -0.2) is 35.1 Å². The van der Waals surface area contributed by atoms with E-state index in [2.05, 4.69) is 20.4 Å². The molecule has 0 unspecified atom stereocenters. The molecule has 0 saturated carbocycles. The molecule has 1 aromatic carbocycles. The molecule has 1 N–H and O–H groups in total. The molecule has 1 heterocycles. The van der Waals surface area contributed by atoms with Gasteiger partial charge in [0.15, 0.2) is 11.8 Å². The highest BCUT2D eigenvalue weighted by Crippen LogP contribution is 2.06. The summed E-state index contributed by atoms with van der Waals surface area (Å²) in [7, 11) is 3.60. The van der Waals surface area contributed by atoms with Gasteiger partial charge in [0.25, 0.3) is 0 Å². The van der Waals surface area contributed by atoms with E-state index in [-0.39, 0.29) is 29.8 Å². The van der Waals surface area contributed by atoms with Crippen LogP contribution in [0.15, 0.2) is 33.8 Å². The zero-order valence-corrected chi connectivity index (χ0v) is 15.0. The molecule has 0 radical (unpaired) electrons. The molecule has 0 saturated heterocycles. The number of halogens is 2. The van der Waals surface area contributed by atoms with Gasteiger partial charge < -0.3 is 14.7 Å². The molecule has 120 valence electrons. The number of aromatic nitrogens is 2. The highest BCUT2D eigenvalue weighted by Gasteiger charge is 2.08. The van der Waals surface area contributed by atoms with Gasteiger partial charge in [0.2, 0.25) is 5.89 Å². The fourth-order valence-electron chi connectivity index (χ4n) is 1.89. The van der Waals surface area contributed by atoms with Crippen LogP contribution in [0, 0.1) is 12.7 Å². The fraction of sp³-hybridized carbons (Fsp3) is 0.357. The Labute approximate surface area is 145 Å². The minimum atomic E-state index is -0.239. The minimum Gasteiger partial charge on any atom is -0.349 e. The van der Waals surface area contributed by atoms with Crippen LogP contribution in [0.3, 0.4) is 0 Å². The van der Waals surface area contributed by atoms with Crippen molar-refractivity contribution < 1.29 is 8.91 Å². The second-order valence-electron chi connectivity index (χ2n) is 4.61. The molecule has 2 aromatic rings. The predicted molar refractivity (Wildman–Crippen MR) is 92.5 cm³/mol. The van der Waals surface area contributed by atoms with Gasteiger partial charge in [-0.1, -0.05) is 17.3 Å². The molecule has 0 bridgehead atoms. The molecule has 2 rings (SSSR count). The Hall–Kier alpha value is -1.71. The maximum absolute atomic E-state index is 12.9. The monoisotopic (exact) mass is 419 g/mol. The number of aryl methyl sites for hydroxylation is 1. The van der Waals surface area contributed by atoms with Crippen molar-refractivity contribution in [2.24, 2.45) is 4.99 Å². The number of hydrogen-bond acceptors (Lipinski definition) is 4. The summed E-state index contributed by atoms with van der Waals surface area (Å²) in [5, 5.41) is 6.96. The fourth-order valence-corrected chi connectivity index (χ4v) is 1.89. The maximum atomic E-state index is 12.9. The van der Waals surface area contributed by atoms with Crippen molar-refractivity contribution >= 4 is 29.9 Å². The molecule has 0 aliphatic carbocycles. The van der Waals surface area contributed by atoms with Crippen molar-refractivity contribution in [2.75, 3.05) is 14.1 Å². The van der Waals surface area contributed by atoms with Crippen molar-refractivity contribution in [3.8, 4) is 0 Å². The average molecular weight is 419 g/mol. The van der Waals surface area contributed by atoms with Gasteiger partial charge in [0.05, 0.1) is 6.54 Å². The molecule has 0 amide bonds. The molecule has 0 aliphatic heterocycles. The third-order valence-corrected chi connectivity index (χ3v) is 2.88. The standard InChI is InChI=1S/C14H18FN5O.HI/c1-10-18-13(19-21-10)8-17-14(16-2)20(3)9-11-4-6-12(15)7-5-11;/h4-7H,8-9H2,1-3H3,(H,16,17);1H. The SMILES string of the molecule is CN=C(NCc1noc(C)n1)N(C)Cc1ccc(F)cc1.I. The van der Waals surface area contributed by atoms with E-state index in [9.17, 15) is 4.39 Å². The Balaban J connectivity index is 0.00000242. The largest absolute Gasteiger partial charge is 0.349 e. The van der Waals surface area contributed by atoms with Gasteiger partial charge >= 0.3 is 0 Å². The van der Waals surface area contributed by atoms with Gasteiger partial charge in [-0.3, -0.25) is 4.99 Å². The van der Waals surface area contributed by atoms with Gasteiger partial charge in [-0.25, -0.2) is 4.39 Å². The number of guanidine groups is 1. The molecule has 8 heteroatoms. The third-order valence-electron chi connectivity index (χ3n) is 2.88. The molecule has 0 spiro atoms. The number of nitrogens with one attached hydrogen (secondary N) is 1. The van der Waals surface area contributed by atoms with Crippen LogP contribution >= 0.6 is 24.0 Å². The highest BCUT2D eigenvalue weighted by atomic mass is 127. The van der Waals surface area contributed by atoms with Crippen molar-refractivity contribution in [2.45, 2.75) is 20.0 Å². The number of aliphatic imine (C=N–C) groups is 1. The Bertz CT molecular complexity index is 614. The first-order chi connectivity index (χ1) is 10.1. The molecule has 6 nitrogen and oxygen atoms in total. The zero-order valence-electron chi connectivity index (χ0n) is 12.7. The van der Waals surface area contributed by atoms with Gasteiger partial charge in [-0.15, -0.1) is 24.0 Å². The predicted octanol–water partition coefficient (Wildman–Crippen LogP) is 2.34. The first kappa shape index (κ1) is 18.3. The lowest BCUT2D eigenvalue weighted by Crippen LogP contribution is -2.38. The summed E-state index contributed by atoms with van der Waals surface area (Å²) in [5.41, 5.74) is 0.997. The third kappa shape index (κ3) is 5.24. The lowest BCUT2D eigenvalue weighted by molar-refractivity contribution is 0.386. The second-order valence-corrected chi connectivity index (χ2v) is 4.61. The Morgan fingerprint density at radius 3 is 2.59 bits per heavy atom. The first-order valence-electron chi connectivity index (χ1n) is 6.54. The lowest BCUT2D eigenvalue weighted by atomic mass is 10.2. The van der Waals surface area contributed by atoms with Gasteiger partial charge in [-0.2, -0.15) is 4.98 Å². The molecule has 0 aliphatic rings. The molecule has 0 atom stereocenters. The topological polar surface area (TPSA) is 66.5 Å². The summed E-state index contributed by atoms with van der Waals surface area (Å²) in [6.45, 7) is 2.79. The van der Waals surface area contributed by atoms with Gasteiger partial charge in [0, 0.05) is 27.6 Å². The van der Waals surface area contributed by atoms with E-state index in [0.29, 0.717) is 30.8 Å². The number of hydrogen-bond donors (Lipinski definition) is 1. The van der Waals surface area contributed by atoms with Gasteiger partial charge in [0.1, 0.15) is 5.82 Å². The summed E-state index contributed by atoms with van der Waals surface area (Å²) in [4.78, 5) is 10.2. The highest BCUT2D eigenvalue weighted by molar-refractivity contribution is 14.0. The maximum Gasteiger partial charge on any atom is 0.223 e. The average Bonchev–Trinajstić information content (AvgIpc) is 2.88. The van der Waals surface area contributed by atoms with E-state index in [1.54, 1.807) is 26.1 Å². The van der Waals surface area contributed by atoms with Crippen LogP contribution in [0.1, 0.15) is 17.3 Å². The Morgan fingerprint density at radius 1 is 1.36 bits per heavy atom. The van der Waals surface area contributed by atoms with E-state index in [1.807, 2.05) is 11.9 Å². The molecule has 22 heavy (non-hydrogen) atoms. The van der Waals surface area contributed by atoms with Crippen LogP contribution in [0.5, 0.6) is 0 Å². The van der Waals surface area contributed by atoms with Crippen molar-refractivity contribution in [3.05, 3.63) is 47.4 Å². The Morgan fingerprint density at radius 2 is 2.05 bits per heavy atom. The summed E-state index contributed by atoms with van der Waals surface area (Å²) >= 11 is 0. The number of benzene rings is 1. The zero-order chi connectivity index (χ0) is 15.2. The van der Waals surface area contributed by atoms with Crippen molar-refractivity contribution in [1.29, 1.82) is 0 Å². The van der Waals surface area contributed by atoms with Gasteiger partial charge in [-0.05, 0) is 17.7 Å². The summed E-state index contributed by atoms with van der Waals surface area (Å²) in [6.07, 6.45) is 0. The second kappa shape index (κ2) is 8.66. The van der Waals surface area contributed by atoms with E-state index in [1.165, 1.54) is 12.1 Å². The molecule has 0 fully saturated rings. The summed E-state index contributed by atoms with van der Waals surface area (Å²) < 4.78 is 17.8. The molecular weight excluding hydrogens is 400 g/mol. The minimum absolute atomic E-state index is 0. The van der Waals surface area contributed by atoms with Crippen LogP contribution in [0.4, 0.5) is 4.39 Å². The van der Waals surface area contributed by atoms with E-state index >= 15 is 0 Å². The van der Waals surface area contributed by atoms with E-state index < -0.39 is 0 Å². The number of rotatable bonds is 4. The van der Waals surface area contributed by atoms with Crippen LogP contribution in [-0.2, 0) is 13.1 Å². The smallest absolute Gasteiger partial charge is 0.223 e. The number of nitrogens with zero attached hydrogens (tertiary/aromatic N) is 4. The summed E-state index contributed by atoms with van der Waals surface area (Å²) in [6, 6.07) is 6.40. The normalized spacial score (nSPS) is 11.0. The van der Waals surface area contributed by atoms with Crippen LogP contribution < -0.4 is 5.32 Å². The van der Waals surface area contributed by atoms with E-state index in [0.717, 1.165) is 5.56 Å². The van der Waals surface area contributed by atoms with Crippen molar-refractivity contribution in [1.82, 2.24) is 20.4 Å². The molecular formula is C14H19FIN5O. The molecule has 1 aromatic heterocycles. The quantitative estimate of drug-likeness (QED) is 0.468. The van der Waals surface area contributed by atoms with Crippen LogP contribution in [0.2, 0.25) is 0 Å².